The number of H-pyrrole nitrogens is 1. The van der Waals surface area contributed by atoms with Crippen LogP contribution in [0, 0.1) is 12.3 Å². The van der Waals surface area contributed by atoms with Gasteiger partial charge in [0.2, 0.25) is 5.91 Å². The van der Waals surface area contributed by atoms with E-state index in [4.69, 9.17) is 0 Å². The van der Waals surface area contributed by atoms with Gasteiger partial charge in [-0.05, 0) is 31.4 Å². The zero-order chi connectivity index (χ0) is 18.8. The third-order valence-electron chi connectivity index (χ3n) is 4.71. The number of aromatic amines is 1. The molecule has 25 heavy (non-hydrogen) atoms. The quantitative estimate of drug-likeness (QED) is 0.926. The molecule has 0 spiro atoms. The molecule has 6 heteroatoms. The molecule has 0 saturated carbocycles. The van der Waals surface area contributed by atoms with Crippen molar-refractivity contribution in [2.75, 3.05) is 7.05 Å². The minimum atomic E-state index is -0.281. The van der Waals surface area contributed by atoms with Crippen molar-refractivity contribution in [3.05, 3.63) is 46.1 Å². The molecule has 2 aromatic rings. The minimum absolute atomic E-state index is 0.0334. The lowest BCUT2D eigenvalue weighted by atomic mass is 9.87. The van der Waals surface area contributed by atoms with Crippen LogP contribution in [0.25, 0.3) is 11.4 Å². The van der Waals surface area contributed by atoms with Crippen LogP contribution in [0.15, 0.2) is 29.3 Å². The van der Waals surface area contributed by atoms with Gasteiger partial charge in [-0.3, -0.25) is 14.6 Å². The summed E-state index contributed by atoms with van der Waals surface area (Å²) in [6, 6.07) is 3.67. The molecule has 2 rings (SSSR count). The molecule has 6 nitrogen and oxygen atoms in total. The maximum atomic E-state index is 12.6. The standard InChI is InChI=1S/C19H26N4O2/c1-12-15(10-16(24)23(6)13(2)19(3,4)5)18(25)22-17(21-12)14-8-7-9-20-11-14/h7-9,11,13H,10H2,1-6H3,(H,21,22,25)/t13-/m0/s1. The largest absolute Gasteiger partial charge is 0.342 e. The van der Waals surface area contributed by atoms with Gasteiger partial charge in [0.25, 0.3) is 5.56 Å². The van der Waals surface area contributed by atoms with Crippen LogP contribution in [0.3, 0.4) is 0 Å². The van der Waals surface area contributed by atoms with E-state index in [0.717, 1.165) is 5.56 Å². The highest BCUT2D eigenvalue weighted by Crippen LogP contribution is 2.23. The Balaban J connectivity index is 2.26. The van der Waals surface area contributed by atoms with E-state index in [9.17, 15) is 9.59 Å². The Labute approximate surface area is 148 Å². The molecule has 1 amide bonds. The summed E-state index contributed by atoms with van der Waals surface area (Å²) >= 11 is 0. The molecule has 1 N–H and O–H groups in total. The van der Waals surface area contributed by atoms with Gasteiger partial charge in [-0.1, -0.05) is 20.8 Å². The van der Waals surface area contributed by atoms with Crippen LogP contribution in [0.5, 0.6) is 0 Å². The highest BCUT2D eigenvalue weighted by molar-refractivity contribution is 5.79. The van der Waals surface area contributed by atoms with E-state index >= 15 is 0 Å². The Bertz CT molecular complexity index is 806. The first-order valence-corrected chi connectivity index (χ1v) is 8.37. The fourth-order valence-electron chi connectivity index (χ4n) is 2.53. The number of carbonyl (C=O) groups is 1. The predicted octanol–water partition coefficient (Wildman–Crippen LogP) is 2.58. The molecule has 0 aliphatic carbocycles. The molecule has 134 valence electrons. The number of aromatic nitrogens is 3. The van der Waals surface area contributed by atoms with Gasteiger partial charge in [-0.15, -0.1) is 0 Å². The Morgan fingerprint density at radius 1 is 1.36 bits per heavy atom. The topological polar surface area (TPSA) is 79.0 Å². The van der Waals surface area contributed by atoms with E-state index in [1.807, 2.05) is 13.0 Å². The molecular weight excluding hydrogens is 316 g/mol. The zero-order valence-electron chi connectivity index (χ0n) is 15.8. The Hall–Kier alpha value is -2.50. The van der Waals surface area contributed by atoms with Crippen molar-refractivity contribution in [1.29, 1.82) is 0 Å². The van der Waals surface area contributed by atoms with Gasteiger partial charge < -0.3 is 9.88 Å². The highest BCUT2D eigenvalue weighted by Gasteiger charge is 2.27. The Morgan fingerprint density at radius 2 is 2.04 bits per heavy atom. The summed E-state index contributed by atoms with van der Waals surface area (Å²) in [5, 5.41) is 0. The molecule has 2 aromatic heterocycles. The van der Waals surface area contributed by atoms with Crippen molar-refractivity contribution in [2.45, 2.75) is 47.1 Å². The summed E-state index contributed by atoms with van der Waals surface area (Å²) < 4.78 is 0. The average molecular weight is 342 g/mol. The minimum Gasteiger partial charge on any atom is -0.342 e. The first-order valence-electron chi connectivity index (χ1n) is 8.37. The van der Waals surface area contributed by atoms with Crippen molar-refractivity contribution in [1.82, 2.24) is 19.9 Å². The number of amides is 1. The molecule has 1 atom stereocenters. The number of carbonyl (C=O) groups excluding carboxylic acids is 1. The van der Waals surface area contributed by atoms with Gasteiger partial charge in [0.15, 0.2) is 0 Å². The van der Waals surface area contributed by atoms with Crippen LogP contribution < -0.4 is 5.56 Å². The van der Waals surface area contributed by atoms with Crippen molar-refractivity contribution < 1.29 is 4.79 Å². The SMILES string of the molecule is Cc1nc(-c2cccnc2)[nH]c(=O)c1CC(=O)N(C)[C@@H](C)C(C)(C)C. The monoisotopic (exact) mass is 342 g/mol. The number of rotatable bonds is 4. The Morgan fingerprint density at radius 3 is 2.56 bits per heavy atom. The van der Waals surface area contributed by atoms with E-state index in [-0.39, 0.29) is 29.3 Å². The number of aryl methyl sites for hydroxylation is 1. The molecule has 0 aliphatic rings. The average Bonchev–Trinajstić information content (AvgIpc) is 2.56. The molecule has 0 bridgehead atoms. The molecule has 0 unspecified atom stereocenters. The van der Waals surface area contributed by atoms with Crippen LogP contribution >= 0.6 is 0 Å². The van der Waals surface area contributed by atoms with Crippen molar-refractivity contribution in [3.63, 3.8) is 0 Å². The lowest BCUT2D eigenvalue weighted by molar-refractivity contribution is -0.132. The maximum absolute atomic E-state index is 12.6. The van der Waals surface area contributed by atoms with E-state index in [2.05, 4.69) is 35.7 Å². The summed E-state index contributed by atoms with van der Waals surface area (Å²) in [7, 11) is 1.78. The van der Waals surface area contributed by atoms with Crippen LogP contribution in [0.1, 0.15) is 39.0 Å². The molecule has 2 heterocycles. The number of nitrogens with one attached hydrogen (secondary N) is 1. The third-order valence-corrected chi connectivity index (χ3v) is 4.71. The fourth-order valence-corrected chi connectivity index (χ4v) is 2.53. The second kappa shape index (κ2) is 7.17. The molecule has 0 radical (unpaired) electrons. The molecule has 0 fully saturated rings. The van der Waals surface area contributed by atoms with Gasteiger partial charge in [-0.25, -0.2) is 4.98 Å². The van der Waals surface area contributed by atoms with E-state index < -0.39 is 0 Å². The van der Waals surface area contributed by atoms with Crippen LogP contribution in [-0.2, 0) is 11.2 Å². The zero-order valence-corrected chi connectivity index (χ0v) is 15.8. The van der Waals surface area contributed by atoms with Gasteiger partial charge in [-0.2, -0.15) is 0 Å². The number of pyridine rings is 1. The summed E-state index contributed by atoms with van der Waals surface area (Å²) in [6.45, 7) is 10.0. The normalized spacial score (nSPS) is 12.7. The van der Waals surface area contributed by atoms with Crippen LogP contribution in [0.4, 0.5) is 0 Å². The van der Waals surface area contributed by atoms with Gasteiger partial charge >= 0.3 is 0 Å². The first kappa shape index (κ1) is 18.8. The summed E-state index contributed by atoms with van der Waals surface area (Å²) in [5.74, 6) is 0.371. The first-order chi connectivity index (χ1) is 11.6. The van der Waals surface area contributed by atoms with Crippen LogP contribution in [0.2, 0.25) is 0 Å². The molecule has 0 saturated heterocycles. The van der Waals surface area contributed by atoms with Gasteiger partial charge in [0.05, 0.1) is 6.42 Å². The Kier molecular flexibility index (Phi) is 5.40. The summed E-state index contributed by atoms with van der Waals surface area (Å²) in [5.41, 5.74) is 1.39. The third kappa shape index (κ3) is 4.32. The predicted molar refractivity (Wildman–Crippen MR) is 98.2 cm³/mol. The van der Waals surface area contributed by atoms with E-state index in [0.29, 0.717) is 17.1 Å². The molecule has 0 aliphatic heterocycles. The molecule has 0 aromatic carbocycles. The van der Waals surface area contributed by atoms with E-state index in [1.54, 1.807) is 37.3 Å². The highest BCUT2D eigenvalue weighted by atomic mass is 16.2. The van der Waals surface area contributed by atoms with Crippen molar-refractivity contribution in [2.24, 2.45) is 5.41 Å². The fraction of sp³-hybridized carbons (Fsp3) is 0.474. The number of likely N-dealkylation sites (N-methyl/N-ethyl adjacent to an activating group) is 1. The second-order valence-corrected chi connectivity index (χ2v) is 7.44. The van der Waals surface area contributed by atoms with Gasteiger partial charge in [0, 0.05) is 42.3 Å². The lowest BCUT2D eigenvalue weighted by Gasteiger charge is -2.35. The summed E-state index contributed by atoms with van der Waals surface area (Å²) in [4.78, 5) is 38.0. The van der Waals surface area contributed by atoms with Crippen molar-refractivity contribution in [3.8, 4) is 11.4 Å². The van der Waals surface area contributed by atoms with Crippen molar-refractivity contribution >= 4 is 5.91 Å². The van der Waals surface area contributed by atoms with Gasteiger partial charge in [0.1, 0.15) is 5.82 Å². The number of nitrogens with zero attached hydrogens (tertiary/aromatic N) is 3. The smallest absolute Gasteiger partial charge is 0.255 e. The molecular formula is C19H26N4O2. The lowest BCUT2D eigenvalue weighted by Crippen LogP contribution is -2.44. The number of hydrogen-bond donors (Lipinski definition) is 1. The number of hydrogen-bond acceptors (Lipinski definition) is 4. The van der Waals surface area contributed by atoms with E-state index in [1.165, 1.54) is 0 Å². The summed E-state index contributed by atoms with van der Waals surface area (Å²) in [6.07, 6.45) is 3.34. The van der Waals surface area contributed by atoms with Crippen LogP contribution in [-0.4, -0.2) is 38.8 Å². The second-order valence-electron chi connectivity index (χ2n) is 7.44. The maximum Gasteiger partial charge on any atom is 0.255 e.